The lowest BCUT2D eigenvalue weighted by molar-refractivity contribution is 0.465. The Hall–Kier alpha value is -1.88. The van der Waals surface area contributed by atoms with Crippen molar-refractivity contribution in [1.29, 1.82) is 0 Å². The lowest BCUT2D eigenvalue weighted by Crippen LogP contribution is -2.09. The van der Waals surface area contributed by atoms with Crippen LogP contribution in [0.25, 0.3) is 0 Å². The van der Waals surface area contributed by atoms with Crippen LogP contribution in [0.2, 0.25) is 0 Å². The molecule has 0 bridgehead atoms. The summed E-state index contributed by atoms with van der Waals surface area (Å²) in [5.74, 6) is -0.388. The van der Waals surface area contributed by atoms with E-state index in [0.717, 1.165) is 5.56 Å². The summed E-state index contributed by atoms with van der Waals surface area (Å²) in [5, 5.41) is 9.64. The van der Waals surface area contributed by atoms with E-state index in [2.05, 4.69) is 4.98 Å². The molecule has 0 fully saturated rings. The van der Waals surface area contributed by atoms with Gasteiger partial charge in [-0.25, -0.2) is 8.42 Å². The molecule has 4 nitrogen and oxygen atoms in total. The highest BCUT2D eigenvalue weighted by Gasteiger charge is 2.16. The number of hydrogen-bond donors (Lipinski definition) is 1. The van der Waals surface area contributed by atoms with Gasteiger partial charge >= 0.3 is 0 Å². The predicted molar refractivity (Wildman–Crippen MR) is 73.4 cm³/mol. The van der Waals surface area contributed by atoms with Crippen molar-refractivity contribution >= 4 is 9.84 Å². The van der Waals surface area contributed by atoms with Crippen molar-refractivity contribution < 1.29 is 13.5 Å². The van der Waals surface area contributed by atoms with Gasteiger partial charge in [-0.3, -0.25) is 4.98 Å². The molecule has 5 heteroatoms. The molecule has 1 aromatic carbocycles. The maximum Gasteiger partial charge on any atom is 0.160 e. The molecule has 1 aromatic heterocycles. The van der Waals surface area contributed by atoms with Crippen LogP contribution in [-0.2, 0) is 21.3 Å². The maximum atomic E-state index is 12.1. The molecule has 1 heterocycles. The average molecular weight is 277 g/mol. The molecule has 0 radical (unpaired) electrons. The van der Waals surface area contributed by atoms with Crippen LogP contribution in [0.3, 0.4) is 0 Å². The van der Waals surface area contributed by atoms with Crippen LogP contribution in [0, 0.1) is 6.92 Å². The molecule has 100 valence electrons. The Morgan fingerprint density at radius 1 is 1.05 bits per heavy atom. The Morgan fingerprint density at radius 3 is 2.42 bits per heavy atom. The summed E-state index contributed by atoms with van der Waals surface area (Å²) < 4.78 is 24.2. The molecule has 19 heavy (non-hydrogen) atoms. The van der Waals surface area contributed by atoms with Gasteiger partial charge in [-0.1, -0.05) is 30.3 Å². The lowest BCUT2D eigenvalue weighted by Gasteiger charge is -2.06. The largest absolute Gasteiger partial charge is 0.506 e. The van der Waals surface area contributed by atoms with Gasteiger partial charge in [-0.2, -0.15) is 0 Å². The number of aromatic nitrogens is 1. The summed E-state index contributed by atoms with van der Waals surface area (Å²) in [7, 11) is -3.35. The molecule has 0 aliphatic heterocycles. The van der Waals surface area contributed by atoms with Gasteiger partial charge in [0.05, 0.1) is 17.2 Å². The molecule has 0 spiro atoms. The standard InChI is InChI=1S/C14H15NO3S/c1-11-7-8-14(16)13(15-11)10-19(17,18)9-12-5-3-2-4-6-12/h2-8,16H,9-10H2,1H3. The van der Waals surface area contributed by atoms with E-state index in [4.69, 9.17) is 0 Å². The van der Waals surface area contributed by atoms with Crippen LogP contribution in [0.1, 0.15) is 17.0 Å². The van der Waals surface area contributed by atoms with E-state index in [0.29, 0.717) is 5.69 Å². The first-order valence-electron chi connectivity index (χ1n) is 5.86. The number of hydrogen-bond acceptors (Lipinski definition) is 4. The number of benzene rings is 1. The second-order valence-electron chi connectivity index (χ2n) is 4.44. The van der Waals surface area contributed by atoms with Gasteiger partial charge in [-0.05, 0) is 24.6 Å². The quantitative estimate of drug-likeness (QED) is 0.930. The van der Waals surface area contributed by atoms with E-state index in [1.807, 2.05) is 6.07 Å². The van der Waals surface area contributed by atoms with Crippen molar-refractivity contribution in [3.8, 4) is 5.75 Å². The van der Waals surface area contributed by atoms with Crippen molar-refractivity contribution in [2.24, 2.45) is 0 Å². The van der Waals surface area contributed by atoms with E-state index in [-0.39, 0.29) is 22.9 Å². The number of nitrogens with zero attached hydrogens (tertiary/aromatic N) is 1. The maximum absolute atomic E-state index is 12.1. The first-order valence-corrected chi connectivity index (χ1v) is 7.68. The van der Waals surface area contributed by atoms with E-state index in [1.165, 1.54) is 6.07 Å². The Kier molecular flexibility index (Phi) is 3.85. The second kappa shape index (κ2) is 5.40. The van der Waals surface area contributed by atoms with Crippen LogP contribution in [0.15, 0.2) is 42.5 Å². The molecule has 0 aliphatic carbocycles. The Morgan fingerprint density at radius 2 is 1.74 bits per heavy atom. The van der Waals surface area contributed by atoms with Gasteiger partial charge in [0.25, 0.3) is 0 Å². The highest BCUT2D eigenvalue weighted by atomic mass is 32.2. The molecule has 0 aliphatic rings. The summed E-state index contributed by atoms with van der Waals surface area (Å²) in [6, 6.07) is 12.1. The van der Waals surface area contributed by atoms with Gasteiger partial charge in [-0.15, -0.1) is 0 Å². The number of aromatic hydroxyl groups is 1. The summed E-state index contributed by atoms with van der Waals surface area (Å²) in [6.45, 7) is 1.76. The summed E-state index contributed by atoms with van der Waals surface area (Å²) in [5.41, 5.74) is 1.62. The zero-order chi connectivity index (χ0) is 13.9. The summed E-state index contributed by atoms with van der Waals surface area (Å²) >= 11 is 0. The molecule has 0 atom stereocenters. The van der Waals surface area contributed by atoms with Gasteiger partial charge in [0.1, 0.15) is 5.75 Å². The van der Waals surface area contributed by atoms with E-state index in [1.54, 1.807) is 37.3 Å². The van der Waals surface area contributed by atoms with Crippen molar-refractivity contribution in [2.45, 2.75) is 18.4 Å². The molecular formula is C14H15NO3S. The zero-order valence-electron chi connectivity index (χ0n) is 10.6. The highest BCUT2D eigenvalue weighted by Crippen LogP contribution is 2.19. The Balaban J connectivity index is 2.20. The molecule has 2 rings (SSSR count). The molecular weight excluding hydrogens is 262 g/mol. The van der Waals surface area contributed by atoms with Gasteiger partial charge in [0, 0.05) is 5.69 Å². The van der Waals surface area contributed by atoms with Crippen molar-refractivity contribution in [3.05, 3.63) is 59.4 Å². The third-order valence-electron chi connectivity index (χ3n) is 2.68. The number of sulfone groups is 1. The van der Waals surface area contributed by atoms with E-state index in [9.17, 15) is 13.5 Å². The number of pyridine rings is 1. The van der Waals surface area contributed by atoms with Crippen LogP contribution in [-0.4, -0.2) is 18.5 Å². The third kappa shape index (κ3) is 3.79. The van der Waals surface area contributed by atoms with Gasteiger partial charge in [0.2, 0.25) is 0 Å². The smallest absolute Gasteiger partial charge is 0.160 e. The normalized spacial score (nSPS) is 11.4. The van der Waals surface area contributed by atoms with E-state index < -0.39 is 9.84 Å². The molecule has 1 N–H and O–H groups in total. The SMILES string of the molecule is Cc1ccc(O)c(CS(=O)(=O)Cc2ccccc2)n1. The minimum Gasteiger partial charge on any atom is -0.506 e. The minimum absolute atomic E-state index is 0.0527. The van der Waals surface area contributed by atoms with Crippen molar-refractivity contribution in [1.82, 2.24) is 4.98 Å². The van der Waals surface area contributed by atoms with Crippen LogP contribution in [0.4, 0.5) is 0 Å². The predicted octanol–water partition coefficient (Wildman–Crippen LogP) is 2.21. The van der Waals surface area contributed by atoms with Gasteiger partial charge in [0.15, 0.2) is 9.84 Å². The summed E-state index contributed by atoms with van der Waals surface area (Å²) in [4.78, 5) is 4.07. The van der Waals surface area contributed by atoms with Crippen LogP contribution < -0.4 is 0 Å². The minimum atomic E-state index is -3.35. The first-order chi connectivity index (χ1) is 8.96. The molecule has 0 saturated heterocycles. The Labute approximate surface area is 112 Å². The van der Waals surface area contributed by atoms with Gasteiger partial charge < -0.3 is 5.11 Å². The van der Waals surface area contributed by atoms with Crippen LogP contribution in [0.5, 0.6) is 5.75 Å². The summed E-state index contributed by atoms with van der Waals surface area (Å²) in [6.07, 6.45) is 0. The molecule has 2 aromatic rings. The van der Waals surface area contributed by atoms with E-state index >= 15 is 0 Å². The second-order valence-corrected chi connectivity index (χ2v) is 6.50. The topological polar surface area (TPSA) is 67.3 Å². The fraction of sp³-hybridized carbons (Fsp3) is 0.214. The monoisotopic (exact) mass is 277 g/mol. The fourth-order valence-corrected chi connectivity index (χ4v) is 3.23. The highest BCUT2D eigenvalue weighted by molar-refractivity contribution is 7.89. The zero-order valence-corrected chi connectivity index (χ0v) is 11.4. The fourth-order valence-electron chi connectivity index (χ4n) is 1.80. The lowest BCUT2D eigenvalue weighted by atomic mass is 10.2. The molecule has 0 unspecified atom stereocenters. The molecule has 0 amide bonds. The number of aryl methyl sites for hydroxylation is 1. The first kappa shape index (κ1) is 13.5. The third-order valence-corrected chi connectivity index (χ3v) is 4.16. The Bertz CT molecular complexity index is 666. The van der Waals surface area contributed by atoms with Crippen molar-refractivity contribution in [3.63, 3.8) is 0 Å². The average Bonchev–Trinajstić information content (AvgIpc) is 2.34. The van der Waals surface area contributed by atoms with Crippen LogP contribution >= 0.6 is 0 Å². The van der Waals surface area contributed by atoms with Crippen molar-refractivity contribution in [2.75, 3.05) is 0 Å². The molecule has 0 saturated carbocycles. The number of rotatable bonds is 4.